The molecule has 6 nitrogen and oxygen atoms in total. The number of sulfonamides is 1. The molecule has 1 fully saturated rings. The molecular weight excluding hydrogens is 400 g/mol. The van der Waals surface area contributed by atoms with Gasteiger partial charge in [-0.05, 0) is 49.6 Å². The van der Waals surface area contributed by atoms with Gasteiger partial charge >= 0.3 is 0 Å². The van der Waals surface area contributed by atoms with Gasteiger partial charge in [0.1, 0.15) is 6.04 Å². The molecule has 0 radical (unpaired) electrons. The van der Waals surface area contributed by atoms with Gasteiger partial charge in [0.15, 0.2) is 0 Å². The lowest BCUT2D eigenvalue weighted by Gasteiger charge is -2.24. The highest BCUT2D eigenvalue weighted by Crippen LogP contribution is 2.26. The molecule has 0 aromatic heterocycles. The van der Waals surface area contributed by atoms with Gasteiger partial charge in [-0.1, -0.05) is 41.4 Å². The van der Waals surface area contributed by atoms with E-state index in [0.717, 1.165) is 5.56 Å². The number of carbonyl (C=O) groups is 1. The highest BCUT2D eigenvalue weighted by molar-refractivity contribution is 7.89. The standard InChI is InChI=1S/C20H23ClN2O4S/c1-14-4-10-17(11-5-14)28(26,27)23-12-2-3-18(23)20(25)22-13-19(24)15-6-8-16(21)9-7-15/h4-11,18-19,24H,2-3,12-13H2,1H3,(H,22,25)/t18-,19-/m0/s1. The topological polar surface area (TPSA) is 86.7 Å². The molecule has 8 heteroatoms. The van der Waals surface area contributed by atoms with E-state index in [4.69, 9.17) is 11.6 Å². The number of hydrogen-bond donors (Lipinski definition) is 2. The smallest absolute Gasteiger partial charge is 0.243 e. The minimum absolute atomic E-state index is 0.00458. The van der Waals surface area contributed by atoms with Crippen LogP contribution >= 0.6 is 11.6 Å². The second-order valence-corrected chi connectivity index (χ2v) is 9.23. The largest absolute Gasteiger partial charge is 0.387 e. The normalized spacial score (nSPS) is 18.8. The highest BCUT2D eigenvalue weighted by Gasteiger charge is 2.39. The summed E-state index contributed by atoms with van der Waals surface area (Å²) < 4.78 is 27.1. The van der Waals surface area contributed by atoms with E-state index in [1.54, 1.807) is 48.5 Å². The summed E-state index contributed by atoms with van der Waals surface area (Å²) in [4.78, 5) is 12.8. The molecule has 3 rings (SSSR count). The molecule has 1 saturated heterocycles. The summed E-state index contributed by atoms with van der Waals surface area (Å²) in [5.74, 6) is -0.402. The lowest BCUT2D eigenvalue weighted by atomic mass is 10.1. The molecule has 0 saturated carbocycles. The summed E-state index contributed by atoms with van der Waals surface area (Å²) >= 11 is 5.83. The predicted octanol–water partition coefficient (Wildman–Crippen LogP) is 2.65. The minimum atomic E-state index is -3.75. The average Bonchev–Trinajstić information content (AvgIpc) is 3.17. The third kappa shape index (κ3) is 4.55. The number of aryl methyl sites for hydroxylation is 1. The van der Waals surface area contributed by atoms with Crippen LogP contribution in [0.15, 0.2) is 53.4 Å². The van der Waals surface area contributed by atoms with Crippen LogP contribution < -0.4 is 5.32 Å². The summed E-state index contributed by atoms with van der Waals surface area (Å²) in [5.41, 5.74) is 1.59. The molecule has 1 amide bonds. The molecule has 0 aliphatic carbocycles. The Hall–Kier alpha value is -1.93. The van der Waals surface area contributed by atoms with Gasteiger partial charge in [0, 0.05) is 18.1 Å². The molecule has 150 valence electrons. The van der Waals surface area contributed by atoms with Crippen molar-refractivity contribution in [2.24, 2.45) is 0 Å². The number of aliphatic hydroxyl groups excluding tert-OH is 1. The van der Waals surface area contributed by atoms with Crippen LogP contribution in [0.3, 0.4) is 0 Å². The van der Waals surface area contributed by atoms with E-state index in [9.17, 15) is 18.3 Å². The van der Waals surface area contributed by atoms with Crippen molar-refractivity contribution < 1.29 is 18.3 Å². The zero-order chi connectivity index (χ0) is 20.3. The van der Waals surface area contributed by atoms with Crippen molar-refractivity contribution in [1.29, 1.82) is 0 Å². The molecule has 2 N–H and O–H groups in total. The van der Waals surface area contributed by atoms with E-state index in [0.29, 0.717) is 30.0 Å². The Balaban J connectivity index is 1.67. The molecule has 1 aliphatic rings. The number of aliphatic hydroxyl groups is 1. The Morgan fingerprint density at radius 2 is 1.86 bits per heavy atom. The van der Waals surface area contributed by atoms with Crippen molar-refractivity contribution in [2.75, 3.05) is 13.1 Å². The van der Waals surface area contributed by atoms with Gasteiger partial charge in [-0.2, -0.15) is 4.31 Å². The maximum Gasteiger partial charge on any atom is 0.243 e. The first kappa shape index (κ1) is 20.8. The number of amides is 1. The first-order chi connectivity index (χ1) is 13.3. The van der Waals surface area contributed by atoms with Crippen LogP contribution in [0.5, 0.6) is 0 Å². The molecule has 0 unspecified atom stereocenters. The molecule has 1 aliphatic heterocycles. The van der Waals surface area contributed by atoms with Crippen LogP contribution in [0.1, 0.15) is 30.1 Å². The molecule has 0 spiro atoms. The first-order valence-electron chi connectivity index (χ1n) is 9.09. The van der Waals surface area contributed by atoms with Crippen molar-refractivity contribution in [3.05, 3.63) is 64.7 Å². The van der Waals surface area contributed by atoms with Crippen LogP contribution in [0, 0.1) is 6.92 Å². The number of rotatable bonds is 6. The lowest BCUT2D eigenvalue weighted by molar-refractivity contribution is -0.124. The maximum atomic E-state index is 12.9. The number of halogens is 1. The number of carbonyl (C=O) groups excluding carboxylic acids is 1. The second kappa shape index (κ2) is 8.61. The van der Waals surface area contributed by atoms with Gasteiger partial charge in [0.2, 0.25) is 15.9 Å². The van der Waals surface area contributed by atoms with Crippen LogP contribution in [-0.2, 0) is 14.8 Å². The molecule has 0 bridgehead atoms. The van der Waals surface area contributed by atoms with Crippen molar-refractivity contribution in [1.82, 2.24) is 9.62 Å². The number of benzene rings is 2. The molecule has 2 aromatic rings. The van der Waals surface area contributed by atoms with Gasteiger partial charge < -0.3 is 10.4 Å². The predicted molar refractivity (Wildman–Crippen MR) is 108 cm³/mol. The van der Waals surface area contributed by atoms with E-state index in [1.165, 1.54) is 4.31 Å². The van der Waals surface area contributed by atoms with Gasteiger partial charge in [0.05, 0.1) is 11.0 Å². The van der Waals surface area contributed by atoms with Gasteiger partial charge in [-0.15, -0.1) is 0 Å². The molecule has 1 heterocycles. The highest BCUT2D eigenvalue weighted by atomic mass is 35.5. The zero-order valence-corrected chi connectivity index (χ0v) is 17.1. The van der Waals surface area contributed by atoms with Crippen LogP contribution in [0.25, 0.3) is 0 Å². The third-order valence-electron chi connectivity index (χ3n) is 4.86. The monoisotopic (exact) mass is 422 g/mol. The lowest BCUT2D eigenvalue weighted by Crippen LogP contribution is -2.46. The van der Waals surface area contributed by atoms with Crippen molar-refractivity contribution in [3.63, 3.8) is 0 Å². The van der Waals surface area contributed by atoms with E-state index in [-0.39, 0.29) is 11.4 Å². The Bertz CT molecular complexity index is 930. The minimum Gasteiger partial charge on any atom is -0.387 e. The summed E-state index contributed by atoms with van der Waals surface area (Å²) in [5, 5.41) is 13.5. The molecule has 28 heavy (non-hydrogen) atoms. The van der Waals surface area contributed by atoms with E-state index >= 15 is 0 Å². The number of nitrogens with one attached hydrogen (secondary N) is 1. The van der Waals surface area contributed by atoms with Crippen LogP contribution in [0.2, 0.25) is 5.02 Å². The summed E-state index contributed by atoms with van der Waals surface area (Å²) in [7, 11) is -3.75. The second-order valence-electron chi connectivity index (χ2n) is 6.90. The Kier molecular flexibility index (Phi) is 6.40. The average molecular weight is 423 g/mol. The zero-order valence-electron chi connectivity index (χ0n) is 15.5. The molecule has 2 atom stereocenters. The van der Waals surface area contributed by atoms with Crippen LogP contribution in [-0.4, -0.2) is 42.9 Å². The molecular formula is C20H23ClN2O4S. The summed E-state index contributed by atoms with van der Waals surface area (Å²) in [6.07, 6.45) is 0.168. The van der Waals surface area contributed by atoms with E-state index in [1.807, 2.05) is 6.92 Å². The Morgan fingerprint density at radius 3 is 2.50 bits per heavy atom. The fourth-order valence-corrected chi connectivity index (χ4v) is 5.04. The van der Waals surface area contributed by atoms with E-state index < -0.39 is 28.1 Å². The van der Waals surface area contributed by atoms with Gasteiger partial charge in [-0.25, -0.2) is 8.42 Å². The van der Waals surface area contributed by atoms with Crippen molar-refractivity contribution in [2.45, 2.75) is 36.8 Å². The Morgan fingerprint density at radius 1 is 1.21 bits per heavy atom. The van der Waals surface area contributed by atoms with Crippen LogP contribution in [0.4, 0.5) is 0 Å². The quantitative estimate of drug-likeness (QED) is 0.749. The number of nitrogens with zero attached hydrogens (tertiary/aromatic N) is 1. The van der Waals surface area contributed by atoms with Gasteiger partial charge in [-0.3, -0.25) is 4.79 Å². The van der Waals surface area contributed by atoms with Crippen molar-refractivity contribution in [3.8, 4) is 0 Å². The summed E-state index contributed by atoms with van der Waals surface area (Å²) in [6, 6.07) is 12.5. The first-order valence-corrected chi connectivity index (χ1v) is 10.9. The van der Waals surface area contributed by atoms with E-state index in [2.05, 4.69) is 5.32 Å². The summed E-state index contributed by atoms with van der Waals surface area (Å²) in [6.45, 7) is 2.18. The maximum absolute atomic E-state index is 12.9. The molecule has 2 aromatic carbocycles. The Labute approximate surface area is 170 Å². The number of hydrogen-bond acceptors (Lipinski definition) is 4. The van der Waals surface area contributed by atoms with Gasteiger partial charge in [0.25, 0.3) is 0 Å². The SMILES string of the molecule is Cc1ccc(S(=O)(=O)N2CCC[C@H]2C(=O)NC[C@H](O)c2ccc(Cl)cc2)cc1. The fraction of sp³-hybridized carbons (Fsp3) is 0.350. The third-order valence-corrected chi connectivity index (χ3v) is 7.03. The fourth-order valence-electron chi connectivity index (χ4n) is 3.25. The van der Waals surface area contributed by atoms with Crippen molar-refractivity contribution >= 4 is 27.5 Å².